The molecule has 1 aliphatic rings. The van der Waals surface area contributed by atoms with Crippen molar-refractivity contribution in [3.63, 3.8) is 0 Å². The zero-order valence-electron chi connectivity index (χ0n) is 13.2. The standard InChI is InChI=1S/C17H24N2O2/c1-11(2)10-18-15-9-16(20)19(17(15)21)14-7-5-13(6-8-14)12(3)4/h5-8,11-12,15,18H,9-10H2,1-4H3/t15-/m1/s1. The molecule has 4 nitrogen and oxygen atoms in total. The van der Waals surface area contributed by atoms with Crippen LogP contribution in [0.15, 0.2) is 24.3 Å². The van der Waals surface area contributed by atoms with Crippen molar-refractivity contribution in [1.29, 1.82) is 0 Å². The number of anilines is 1. The summed E-state index contributed by atoms with van der Waals surface area (Å²) < 4.78 is 0. The third-order valence-corrected chi connectivity index (χ3v) is 3.74. The fourth-order valence-electron chi connectivity index (χ4n) is 2.45. The van der Waals surface area contributed by atoms with E-state index in [1.54, 1.807) is 0 Å². The maximum absolute atomic E-state index is 12.4. The van der Waals surface area contributed by atoms with Gasteiger partial charge in [0.1, 0.15) is 0 Å². The van der Waals surface area contributed by atoms with E-state index in [2.05, 4.69) is 33.0 Å². The summed E-state index contributed by atoms with van der Waals surface area (Å²) in [5.41, 5.74) is 1.87. The lowest BCUT2D eigenvalue weighted by atomic mass is 10.0. The van der Waals surface area contributed by atoms with E-state index in [9.17, 15) is 9.59 Å². The molecule has 4 heteroatoms. The normalized spacial score (nSPS) is 19.1. The van der Waals surface area contributed by atoms with Crippen molar-refractivity contribution in [2.45, 2.75) is 46.1 Å². The Balaban J connectivity index is 2.12. The van der Waals surface area contributed by atoms with E-state index in [4.69, 9.17) is 0 Å². The van der Waals surface area contributed by atoms with Gasteiger partial charge in [0.15, 0.2) is 0 Å². The molecule has 2 amide bonds. The summed E-state index contributed by atoms with van der Waals surface area (Å²) >= 11 is 0. The molecule has 0 bridgehead atoms. The average molecular weight is 288 g/mol. The first kappa shape index (κ1) is 15.7. The fraction of sp³-hybridized carbons (Fsp3) is 0.529. The van der Waals surface area contributed by atoms with Crippen molar-refractivity contribution in [2.75, 3.05) is 11.4 Å². The lowest BCUT2D eigenvalue weighted by Gasteiger charge is -2.17. The number of rotatable bonds is 5. The van der Waals surface area contributed by atoms with Crippen molar-refractivity contribution in [1.82, 2.24) is 5.32 Å². The molecule has 0 saturated carbocycles. The number of carbonyl (C=O) groups excluding carboxylic acids is 2. The molecule has 0 aliphatic carbocycles. The number of imide groups is 1. The minimum Gasteiger partial charge on any atom is -0.305 e. The molecule has 1 heterocycles. The fourth-order valence-corrected chi connectivity index (χ4v) is 2.45. The number of carbonyl (C=O) groups is 2. The first-order chi connectivity index (χ1) is 9.90. The van der Waals surface area contributed by atoms with Crippen molar-refractivity contribution >= 4 is 17.5 Å². The van der Waals surface area contributed by atoms with Crippen LogP contribution in [0.3, 0.4) is 0 Å². The van der Waals surface area contributed by atoms with Gasteiger partial charge in [-0.05, 0) is 36.1 Å². The number of hydrogen-bond donors (Lipinski definition) is 1. The Morgan fingerprint density at radius 2 is 1.76 bits per heavy atom. The molecule has 1 N–H and O–H groups in total. The van der Waals surface area contributed by atoms with E-state index < -0.39 is 0 Å². The smallest absolute Gasteiger partial charge is 0.251 e. The van der Waals surface area contributed by atoms with Gasteiger partial charge in [0.25, 0.3) is 5.91 Å². The summed E-state index contributed by atoms with van der Waals surface area (Å²) in [6.45, 7) is 9.14. The quantitative estimate of drug-likeness (QED) is 0.848. The van der Waals surface area contributed by atoms with Gasteiger partial charge in [0.2, 0.25) is 5.91 Å². The molecule has 2 rings (SSSR count). The molecule has 0 aromatic heterocycles. The number of nitrogens with zero attached hydrogens (tertiary/aromatic N) is 1. The highest BCUT2D eigenvalue weighted by Gasteiger charge is 2.39. The van der Waals surface area contributed by atoms with Gasteiger partial charge in [-0.25, -0.2) is 4.90 Å². The van der Waals surface area contributed by atoms with Gasteiger partial charge in [-0.15, -0.1) is 0 Å². The second-order valence-corrected chi connectivity index (χ2v) is 6.37. The third-order valence-electron chi connectivity index (χ3n) is 3.74. The highest BCUT2D eigenvalue weighted by molar-refractivity contribution is 6.22. The summed E-state index contributed by atoms with van der Waals surface area (Å²) in [7, 11) is 0. The Bertz CT molecular complexity index is 520. The van der Waals surface area contributed by atoms with Crippen LogP contribution in [0.2, 0.25) is 0 Å². The minimum atomic E-state index is -0.385. The summed E-state index contributed by atoms with van der Waals surface area (Å²) in [4.78, 5) is 25.8. The SMILES string of the molecule is CC(C)CN[C@@H]1CC(=O)N(c2ccc(C(C)C)cc2)C1=O. The van der Waals surface area contributed by atoms with Crippen molar-refractivity contribution in [2.24, 2.45) is 5.92 Å². The van der Waals surface area contributed by atoms with Crippen LogP contribution in [-0.2, 0) is 9.59 Å². The molecule has 1 aliphatic heterocycles. The molecule has 1 fully saturated rings. The van der Waals surface area contributed by atoms with Crippen LogP contribution in [0, 0.1) is 5.92 Å². The average Bonchev–Trinajstić information content (AvgIpc) is 2.71. The monoisotopic (exact) mass is 288 g/mol. The van der Waals surface area contributed by atoms with Crippen LogP contribution in [0.4, 0.5) is 5.69 Å². The number of benzene rings is 1. The lowest BCUT2D eigenvalue weighted by Crippen LogP contribution is -2.40. The van der Waals surface area contributed by atoms with E-state index >= 15 is 0 Å². The molecule has 0 spiro atoms. The predicted octanol–water partition coefficient (Wildman–Crippen LogP) is 2.69. The van der Waals surface area contributed by atoms with Crippen LogP contribution in [0.5, 0.6) is 0 Å². The van der Waals surface area contributed by atoms with Gasteiger partial charge in [-0.2, -0.15) is 0 Å². The molecule has 1 atom stereocenters. The number of hydrogen-bond acceptors (Lipinski definition) is 3. The van der Waals surface area contributed by atoms with Gasteiger partial charge >= 0.3 is 0 Å². The first-order valence-electron chi connectivity index (χ1n) is 7.60. The van der Waals surface area contributed by atoms with Gasteiger partial charge in [0, 0.05) is 0 Å². The van der Waals surface area contributed by atoms with Gasteiger partial charge in [0.05, 0.1) is 18.2 Å². The highest BCUT2D eigenvalue weighted by Crippen LogP contribution is 2.25. The van der Waals surface area contributed by atoms with Gasteiger partial charge in [-0.3, -0.25) is 9.59 Å². The maximum atomic E-state index is 12.4. The first-order valence-corrected chi connectivity index (χ1v) is 7.60. The summed E-state index contributed by atoms with van der Waals surface area (Å²) in [6.07, 6.45) is 0.248. The minimum absolute atomic E-state index is 0.126. The summed E-state index contributed by atoms with van der Waals surface area (Å²) in [6, 6.07) is 7.29. The van der Waals surface area contributed by atoms with E-state index in [1.807, 2.05) is 24.3 Å². The Labute approximate surface area is 126 Å². The van der Waals surface area contributed by atoms with Crippen LogP contribution in [-0.4, -0.2) is 24.4 Å². The molecule has 1 aromatic rings. The second kappa shape index (κ2) is 6.39. The topological polar surface area (TPSA) is 49.4 Å². The molecule has 0 radical (unpaired) electrons. The van der Waals surface area contributed by atoms with E-state index in [-0.39, 0.29) is 24.3 Å². The highest BCUT2D eigenvalue weighted by atomic mass is 16.2. The van der Waals surface area contributed by atoms with E-state index in [0.29, 0.717) is 17.5 Å². The summed E-state index contributed by atoms with van der Waals surface area (Å²) in [5.74, 6) is 0.619. The predicted molar refractivity (Wildman–Crippen MR) is 84.3 cm³/mol. The van der Waals surface area contributed by atoms with Crippen LogP contribution >= 0.6 is 0 Å². The number of amides is 2. The molecular weight excluding hydrogens is 264 g/mol. The molecule has 1 aromatic carbocycles. The third kappa shape index (κ3) is 3.50. The Hall–Kier alpha value is -1.68. The van der Waals surface area contributed by atoms with Crippen molar-refractivity contribution < 1.29 is 9.59 Å². The summed E-state index contributed by atoms with van der Waals surface area (Å²) in [5, 5.41) is 3.18. The van der Waals surface area contributed by atoms with Gasteiger partial charge < -0.3 is 5.32 Å². The van der Waals surface area contributed by atoms with Crippen LogP contribution in [0.1, 0.15) is 45.6 Å². The van der Waals surface area contributed by atoms with E-state index in [1.165, 1.54) is 10.5 Å². The molecule has 114 valence electrons. The molecule has 1 saturated heterocycles. The largest absolute Gasteiger partial charge is 0.305 e. The van der Waals surface area contributed by atoms with Crippen molar-refractivity contribution in [3.8, 4) is 0 Å². The molecule has 21 heavy (non-hydrogen) atoms. The maximum Gasteiger partial charge on any atom is 0.251 e. The van der Waals surface area contributed by atoms with Crippen LogP contribution in [0.25, 0.3) is 0 Å². The van der Waals surface area contributed by atoms with Crippen molar-refractivity contribution in [3.05, 3.63) is 29.8 Å². The Morgan fingerprint density at radius 1 is 1.14 bits per heavy atom. The van der Waals surface area contributed by atoms with Gasteiger partial charge in [-0.1, -0.05) is 39.8 Å². The molecular formula is C17H24N2O2. The number of nitrogens with one attached hydrogen (secondary N) is 1. The lowest BCUT2D eigenvalue weighted by molar-refractivity contribution is -0.121. The van der Waals surface area contributed by atoms with E-state index in [0.717, 1.165) is 6.54 Å². The zero-order chi connectivity index (χ0) is 15.6. The Kier molecular flexibility index (Phi) is 4.78. The Morgan fingerprint density at radius 3 is 2.29 bits per heavy atom. The second-order valence-electron chi connectivity index (χ2n) is 6.37. The zero-order valence-corrected chi connectivity index (χ0v) is 13.2. The van der Waals surface area contributed by atoms with Crippen LogP contribution < -0.4 is 10.2 Å². The molecule has 0 unspecified atom stereocenters.